The van der Waals surface area contributed by atoms with E-state index in [-0.39, 0.29) is 11.7 Å². The molecule has 4 rings (SSSR count). The molecule has 4 aromatic rings. The van der Waals surface area contributed by atoms with Gasteiger partial charge in [-0.3, -0.25) is 4.79 Å². The topological polar surface area (TPSA) is 60.7 Å². The van der Waals surface area contributed by atoms with Crippen molar-refractivity contribution >= 4 is 22.6 Å². The molecule has 1 heterocycles. The van der Waals surface area contributed by atoms with Crippen molar-refractivity contribution in [2.24, 2.45) is 0 Å². The molecule has 1 amide bonds. The van der Waals surface area contributed by atoms with Crippen LogP contribution in [0, 0.1) is 0 Å². The number of hydrogen-bond acceptors (Lipinski definition) is 4. The molecule has 140 valence electrons. The van der Waals surface area contributed by atoms with E-state index in [1.807, 2.05) is 67.6 Å². The van der Waals surface area contributed by atoms with E-state index in [4.69, 9.17) is 13.9 Å². The molecule has 0 saturated heterocycles. The van der Waals surface area contributed by atoms with Gasteiger partial charge in [0.15, 0.2) is 11.5 Å². The maximum absolute atomic E-state index is 12.6. The molecule has 0 fully saturated rings. The molecule has 1 aromatic heterocycles. The summed E-state index contributed by atoms with van der Waals surface area (Å²) < 4.78 is 17.0. The minimum atomic E-state index is -0.334. The third kappa shape index (κ3) is 3.83. The quantitative estimate of drug-likeness (QED) is 0.459. The van der Waals surface area contributed by atoms with Gasteiger partial charge in [-0.05, 0) is 55.5 Å². The molecular weight excluding hydrogens is 354 g/mol. The summed E-state index contributed by atoms with van der Waals surface area (Å²) in [5.74, 6) is 1.88. The molecule has 0 radical (unpaired) electrons. The van der Waals surface area contributed by atoms with E-state index in [1.165, 1.54) is 0 Å². The molecular formula is C23H19NO4. The Balaban J connectivity index is 1.53. The second-order valence-electron chi connectivity index (χ2n) is 6.11. The molecule has 5 heteroatoms. The van der Waals surface area contributed by atoms with Crippen molar-refractivity contribution in [1.29, 1.82) is 0 Å². The minimum Gasteiger partial charge on any atom is -0.494 e. The van der Waals surface area contributed by atoms with E-state index in [9.17, 15) is 4.79 Å². The second kappa shape index (κ2) is 7.88. The molecule has 0 saturated carbocycles. The number of fused-ring (bicyclic) bond motifs is 1. The molecule has 0 unspecified atom stereocenters. The molecule has 3 aromatic carbocycles. The molecule has 5 nitrogen and oxygen atoms in total. The molecule has 0 aliphatic carbocycles. The average molecular weight is 373 g/mol. The van der Waals surface area contributed by atoms with Crippen molar-refractivity contribution in [2.45, 2.75) is 6.92 Å². The van der Waals surface area contributed by atoms with Crippen LogP contribution in [0.3, 0.4) is 0 Å². The summed E-state index contributed by atoms with van der Waals surface area (Å²) in [4.78, 5) is 12.6. The zero-order valence-electron chi connectivity index (χ0n) is 15.3. The highest BCUT2D eigenvalue weighted by molar-refractivity contribution is 6.05. The fraction of sp³-hybridized carbons (Fsp3) is 0.0870. The summed E-state index contributed by atoms with van der Waals surface area (Å²) in [6.45, 7) is 2.54. The van der Waals surface area contributed by atoms with Gasteiger partial charge in [-0.1, -0.05) is 30.3 Å². The van der Waals surface area contributed by atoms with Crippen LogP contribution in [0.2, 0.25) is 0 Å². The highest BCUT2D eigenvalue weighted by atomic mass is 16.5. The average Bonchev–Trinajstić information content (AvgIpc) is 3.16. The Morgan fingerprint density at radius 1 is 0.929 bits per heavy atom. The largest absolute Gasteiger partial charge is 0.494 e. The first-order valence-corrected chi connectivity index (χ1v) is 9.02. The highest BCUT2D eigenvalue weighted by Crippen LogP contribution is 2.31. The normalized spacial score (nSPS) is 10.6. The van der Waals surface area contributed by atoms with Gasteiger partial charge in [-0.15, -0.1) is 0 Å². The second-order valence-corrected chi connectivity index (χ2v) is 6.11. The number of ether oxygens (including phenoxy) is 2. The Kier molecular flexibility index (Phi) is 4.97. The van der Waals surface area contributed by atoms with Crippen molar-refractivity contribution < 1.29 is 18.7 Å². The summed E-state index contributed by atoms with van der Waals surface area (Å²) in [6, 6.07) is 23.8. The summed E-state index contributed by atoms with van der Waals surface area (Å²) >= 11 is 0. The first-order valence-electron chi connectivity index (χ1n) is 9.02. The Labute approximate surface area is 162 Å². The number of nitrogens with one attached hydrogen (secondary N) is 1. The van der Waals surface area contributed by atoms with Crippen LogP contribution < -0.4 is 14.8 Å². The van der Waals surface area contributed by atoms with Crippen LogP contribution in [-0.4, -0.2) is 12.5 Å². The third-order valence-corrected chi connectivity index (χ3v) is 4.15. The lowest BCUT2D eigenvalue weighted by molar-refractivity contribution is 0.0998. The van der Waals surface area contributed by atoms with E-state index in [2.05, 4.69) is 5.32 Å². The minimum absolute atomic E-state index is 0.247. The standard InChI is InChI=1S/C23H19NO4/c1-2-26-17-11-13-18(14-12-17)27-21-10-6-4-8-19(21)24-23(25)22-15-16-7-3-5-9-20(16)28-22/h3-15H,2H2,1H3,(H,24,25). The van der Waals surface area contributed by atoms with Crippen LogP contribution in [0.5, 0.6) is 17.2 Å². The third-order valence-electron chi connectivity index (χ3n) is 4.15. The number of carbonyl (C=O) groups excluding carboxylic acids is 1. The van der Waals surface area contributed by atoms with E-state index in [0.29, 0.717) is 29.4 Å². The van der Waals surface area contributed by atoms with E-state index >= 15 is 0 Å². The molecule has 0 aliphatic rings. The van der Waals surface area contributed by atoms with Gasteiger partial charge in [0.25, 0.3) is 5.91 Å². The maximum Gasteiger partial charge on any atom is 0.291 e. The smallest absolute Gasteiger partial charge is 0.291 e. The SMILES string of the molecule is CCOc1ccc(Oc2ccccc2NC(=O)c2cc3ccccc3o2)cc1. The number of hydrogen-bond donors (Lipinski definition) is 1. The highest BCUT2D eigenvalue weighted by Gasteiger charge is 2.14. The van der Waals surface area contributed by atoms with Gasteiger partial charge < -0.3 is 19.2 Å². The molecule has 0 bridgehead atoms. The Morgan fingerprint density at radius 2 is 1.64 bits per heavy atom. The van der Waals surface area contributed by atoms with Crippen molar-refractivity contribution in [3.63, 3.8) is 0 Å². The van der Waals surface area contributed by atoms with Gasteiger partial charge in [0.1, 0.15) is 17.1 Å². The van der Waals surface area contributed by atoms with E-state index in [0.717, 1.165) is 11.1 Å². The summed E-state index contributed by atoms with van der Waals surface area (Å²) in [5.41, 5.74) is 1.23. The number of furan rings is 1. The Morgan fingerprint density at radius 3 is 2.43 bits per heavy atom. The van der Waals surface area contributed by atoms with Crippen molar-refractivity contribution in [2.75, 3.05) is 11.9 Å². The number of rotatable bonds is 6. The van der Waals surface area contributed by atoms with Crippen LogP contribution in [0.4, 0.5) is 5.69 Å². The number of anilines is 1. The van der Waals surface area contributed by atoms with Gasteiger partial charge in [0.2, 0.25) is 0 Å². The van der Waals surface area contributed by atoms with Gasteiger partial charge in [-0.25, -0.2) is 0 Å². The molecule has 1 N–H and O–H groups in total. The fourth-order valence-corrected chi connectivity index (χ4v) is 2.83. The van der Waals surface area contributed by atoms with Crippen molar-refractivity contribution in [1.82, 2.24) is 0 Å². The van der Waals surface area contributed by atoms with Crippen LogP contribution >= 0.6 is 0 Å². The van der Waals surface area contributed by atoms with Gasteiger partial charge in [-0.2, -0.15) is 0 Å². The molecule has 28 heavy (non-hydrogen) atoms. The van der Waals surface area contributed by atoms with E-state index < -0.39 is 0 Å². The summed E-state index contributed by atoms with van der Waals surface area (Å²) in [5, 5.41) is 3.74. The van der Waals surface area contributed by atoms with Crippen LogP contribution in [0.1, 0.15) is 17.5 Å². The fourth-order valence-electron chi connectivity index (χ4n) is 2.83. The zero-order chi connectivity index (χ0) is 19.3. The number of carbonyl (C=O) groups is 1. The molecule has 0 atom stereocenters. The van der Waals surface area contributed by atoms with Crippen LogP contribution in [0.15, 0.2) is 83.3 Å². The predicted octanol–water partition coefficient (Wildman–Crippen LogP) is 5.88. The lowest BCUT2D eigenvalue weighted by atomic mass is 10.2. The van der Waals surface area contributed by atoms with Crippen LogP contribution in [-0.2, 0) is 0 Å². The Hall–Kier alpha value is -3.73. The molecule has 0 aliphatic heterocycles. The van der Waals surface area contributed by atoms with Crippen molar-refractivity contribution in [3.8, 4) is 17.2 Å². The monoisotopic (exact) mass is 373 g/mol. The van der Waals surface area contributed by atoms with Gasteiger partial charge >= 0.3 is 0 Å². The number of amides is 1. The van der Waals surface area contributed by atoms with Crippen molar-refractivity contribution in [3.05, 3.63) is 84.6 Å². The Bertz CT molecular complexity index is 1070. The van der Waals surface area contributed by atoms with Gasteiger partial charge in [0.05, 0.1) is 12.3 Å². The van der Waals surface area contributed by atoms with Gasteiger partial charge in [0, 0.05) is 5.39 Å². The molecule has 0 spiro atoms. The zero-order valence-corrected chi connectivity index (χ0v) is 15.3. The van der Waals surface area contributed by atoms with Crippen LogP contribution in [0.25, 0.3) is 11.0 Å². The summed E-state index contributed by atoms with van der Waals surface area (Å²) in [7, 11) is 0. The first-order chi connectivity index (χ1) is 13.7. The first kappa shape index (κ1) is 17.7. The maximum atomic E-state index is 12.6. The predicted molar refractivity (Wildman–Crippen MR) is 108 cm³/mol. The lowest BCUT2D eigenvalue weighted by Gasteiger charge is -2.12. The number of benzene rings is 3. The number of para-hydroxylation sites is 3. The van der Waals surface area contributed by atoms with E-state index in [1.54, 1.807) is 18.2 Å². The summed E-state index contributed by atoms with van der Waals surface area (Å²) in [6.07, 6.45) is 0. The lowest BCUT2D eigenvalue weighted by Crippen LogP contribution is -2.11.